The topological polar surface area (TPSA) is 93.3 Å². The first-order valence-corrected chi connectivity index (χ1v) is 4.80. The van der Waals surface area contributed by atoms with Gasteiger partial charge in [0.15, 0.2) is 6.29 Å². The van der Waals surface area contributed by atoms with Crippen LogP contribution in [0.1, 0.15) is 16.1 Å². The summed E-state index contributed by atoms with van der Waals surface area (Å²) in [5.41, 5.74) is 0.625. The number of pyridine rings is 1. The molecule has 1 aromatic heterocycles. The monoisotopic (exact) mass is 232 g/mol. The van der Waals surface area contributed by atoms with Gasteiger partial charge in [0, 0.05) is 0 Å². The molecule has 0 saturated heterocycles. The zero-order valence-electron chi connectivity index (χ0n) is 8.66. The molecule has 2 rings (SSSR count). The average molecular weight is 232 g/mol. The number of rotatable bonds is 3. The SMILES string of the molecule is O=Cc1ccc2c([N+](=O)[O-])c(CO)ccc2n1. The maximum atomic E-state index is 10.9. The highest BCUT2D eigenvalue weighted by molar-refractivity contribution is 5.91. The second kappa shape index (κ2) is 4.26. The minimum absolute atomic E-state index is 0.171. The van der Waals surface area contributed by atoms with E-state index in [9.17, 15) is 14.9 Å². The third-order valence-corrected chi connectivity index (χ3v) is 2.42. The number of carbonyl (C=O) groups excluding carboxylic acids is 1. The molecule has 0 atom stereocenters. The standard InChI is InChI=1S/C11H8N2O4/c14-5-7-1-4-10-9(11(7)13(16)17)3-2-8(6-15)12-10/h1-4,6,14H,5H2. The van der Waals surface area contributed by atoms with E-state index in [4.69, 9.17) is 5.11 Å². The molecule has 2 aromatic rings. The van der Waals surface area contributed by atoms with Crippen molar-refractivity contribution in [2.24, 2.45) is 0 Å². The fraction of sp³-hybridized carbons (Fsp3) is 0.0909. The van der Waals surface area contributed by atoms with Crippen molar-refractivity contribution in [2.75, 3.05) is 0 Å². The Morgan fingerprint density at radius 3 is 2.71 bits per heavy atom. The molecule has 0 aliphatic rings. The molecule has 0 unspecified atom stereocenters. The summed E-state index contributed by atoms with van der Waals surface area (Å²) in [5, 5.41) is 20.3. The van der Waals surface area contributed by atoms with E-state index in [2.05, 4.69) is 4.98 Å². The average Bonchev–Trinajstić information content (AvgIpc) is 2.36. The molecule has 17 heavy (non-hydrogen) atoms. The van der Waals surface area contributed by atoms with Gasteiger partial charge in [0.05, 0.1) is 28.0 Å². The van der Waals surface area contributed by atoms with Crippen molar-refractivity contribution in [2.45, 2.75) is 6.61 Å². The molecule has 0 bridgehead atoms. The number of nitrogens with zero attached hydrogens (tertiary/aromatic N) is 2. The fourth-order valence-electron chi connectivity index (χ4n) is 1.66. The van der Waals surface area contributed by atoms with Gasteiger partial charge in [0.1, 0.15) is 5.69 Å². The summed E-state index contributed by atoms with van der Waals surface area (Å²) < 4.78 is 0. The van der Waals surface area contributed by atoms with Crippen molar-refractivity contribution >= 4 is 22.9 Å². The number of aliphatic hydroxyl groups is 1. The van der Waals surface area contributed by atoms with Crippen LogP contribution in [0.5, 0.6) is 0 Å². The summed E-state index contributed by atoms with van der Waals surface area (Å²) in [6.07, 6.45) is 0.575. The van der Waals surface area contributed by atoms with Gasteiger partial charge in [0.2, 0.25) is 0 Å². The van der Waals surface area contributed by atoms with Gasteiger partial charge in [-0.25, -0.2) is 4.98 Å². The van der Waals surface area contributed by atoms with Crippen LogP contribution in [0, 0.1) is 10.1 Å². The van der Waals surface area contributed by atoms with Crippen LogP contribution in [0.4, 0.5) is 5.69 Å². The number of aldehydes is 1. The lowest BCUT2D eigenvalue weighted by atomic mass is 10.1. The first kappa shape index (κ1) is 11.2. The van der Waals surface area contributed by atoms with Crippen LogP contribution in [0.3, 0.4) is 0 Å². The van der Waals surface area contributed by atoms with E-state index < -0.39 is 11.5 Å². The molecule has 0 amide bonds. The molecule has 0 radical (unpaired) electrons. The molecule has 6 nitrogen and oxygen atoms in total. The number of hydrogen-bond donors (Lipinski definition) is 1. The normalized spacial score (nSPS) is 10.4. The summed E-state index contributed by atoms with van der Waals surface area (Å²) in [4.78, 5) is 24.9. The summed E-state index contributed by atoms with van der Waals surface area (Å²) in [6, 6.07) is 5.84. The Labute approximate surface area is 95.7 Å². The first-order valence-electron chi connectivity index (χ1n) is 4.80. The first-order chi connectivity index (χ1) is 8.17. The molecule has 0 saturated carbocycles. The molecule has 0 fully saturated rings. The third kappa shape index (κ3) is 1.85. The molecule has 1 aromatic carbocycles. The zero-order valence-corrected chi connectivity index (χ0v) is 8.66. The number of nitro benzene ring substituents is 1. The largest absolute Gasteiger partial charge is 0.391 e. The van der Waals surface area contributed by atoms with Gasteiger partial charge in [0.25, 0.3) is 5.69 Å². The molecule has 86 valence electrons. The van der Waals surface area contributed by atoms with Crippen molar-refractivity contribution in [3.63, 3.8) is 0 Å². The van der Waals surface area contributed by atoms with Gasteiger partial charge in [-0.15, -0.1) is 0 Å². The molecule has 0 aliphatic carbocycles. The van der Waals surface area contributed by atoms with E-state index in [1.807, 2.05) is 0 Å². The van der Waals surface area contributed by atoms with E-state index in [0.29, 0.717) is 17.2 Å². The zero-order chi connectivity index (χ0) is 12.4. The lowest BCUT2D eigenvalue weighted by molar-refractivity contribution is -0.384. The van der Waals surface area contributed by atoms with Gasteiger partial charge < -0.3 is 5.11 Å². The van der Waals surface area contributed by atoms with E-state index in [0.717, 1.165) is 0 Å². The number of aliphatic hydroxyl groups excluding tert-OH is 1. The molecule has 6 heteroatoms. The van der Waals surface area contributed by atoms with Gasteiger partial charge >= 0.3 is 0 Å². The Bertz CT molecular complexity index is 610. The van der Waals surface area contributed by atoms with E-state index in [1.165, 1.54) is 18.2 Å². The maximum absolute atomic E-state index is 10.9. The smallest absolute Gasteiger partial charge is 0.284 e. The number of carbonyl (C=O) groups is 1. The van der Waals surface area contributed by atoms with Crippen LogP contribution in [0.25, 0.3) is 10.9 Å². The third-order valence-electron chi connectivity index (χ3n) is 2.42. The summed E-state index contributed by atoms with van der Waals surface area (Å²) >= 11 is 0. The molecule has 1 heterocycles. The number of nitro groups is 1. The van der Waals surface area contributed by atoms with E-state index in [-0.39, 0.29) is 16.9 Å². The van der Waals surface area contributed by atoms with Gasteiger partial charge in [-0.3, -0.25) is 14.9 Å². The predicted molar refractivity (Wildman–Crippen MR) is 59.7 cm³/mol. The van der Waals surface area contributed by atoms with Crippen LogP contribution in [-0.4, -0.2) is 21.3 Å². The minimum atomic E-state index is -0.559. The van der Waals surface area contributed by atoms with Gasteiger partial charge in [-0.1, -0.05) is 0 Å². The number of fused-ring (bicyclic) bond motifs is 1. The van der Waals surface area contributed by atoms with Gasteiger partial charge in [-0.05, 0) is 24.3 Å². The highest BCUT2D eigenvalue weighted by Gasteiger charge is 2.18. The second-order valence-corrected chi connectivity index (χ2v) is 3.41. The maximum Gasteiger partial charge on any atom is 0.284 e. The minimum Gasteiger partial charge on any atom is -0.391 e. The fourth-order valence-corrected chi connectivity index (χ4v) is 1.66. The molecule has 1 N–H and O–H groups in total. The summed E-state index contributed by atoms with van der Waals surface area (Å²) in [6.45, 7) is -0.415. The van der Waals surface area contributed by atoms with Crippen LogP contribution >= 0.6 is 0 Å². The Morgan fingerprint density at radius 1 is 1.35 bits per heavy atom. The van der Waals surface area contributed by atoms with Crippen molar-refractivity contribution < 1.29 is 14.8 Å². The molecular formula is C11H8N2O4. The Hall–Kier alpha value is -2.34. The van der Waals surface area contributed by atoms with Crippen molar-refractivity contribution in [3.05, 3.63) is 45.6 Å². The second-order valence-electron chi connectivity index (χ2n) is 3.41. The van der Waals surface area contributed by atoms with Crippen LogP contribution in [0.2, 0.25) is 0 Å². The van der Waals surface area contributed by atoms with E-state index in [1.54, 1.807) is 6.07 Å². The highest BCUT2D eigenvalue weighted by atomic mass is 16.6. The van der Waals surface area contributed by atoms with Crippen LogP contribution in [0.15, 0.2) is 24.3 Å². The van der Waals surface area contributed by atoms with Crippen molar-refractivity contribution in [3.8, 4) is 0 Å². The Morgan fingerprint density at radius 2 is 2.12 bits per heavy atom. The van der Waals surface area contributed by atoms with Crippen LogP contribution < -0.4 is 0 Å². The highest BCUT2D eigenvalue weighted by Crippen LogP contribution is 2.28. The summed E-state index contributed by atoms with van der Waals surface area (Å²) in [5.74, 6) is 0. The van der Waals surface area contributed by atoms with Crippen LogP contribution in [-0.2, 0) is 6.61 Å². The Kier molecular flexibility index (Phi) is 2.80. The molecule has 0 spiro atoms. The molecular weight excluding hydrogens is 224 g/mol. The number of hydrogen-bond acceptors (Lipinski definition) is 5. The van der Waals surface area contributed by atoms with Crippen molar-refractivity contribution in [1.82, 2.24) is 4.98 Å². The van der Waals surface area contributed by atoms with E-state index >= 15 is 0 Å². The number of aromatic nitrogens is 1. The Balaban J connectivity index is 2.81. The predicted octanol–water partition coefficient (Wildman–Crippen LogP) is 1.45. The lowest BCUT2D eigenvalue weighted by Gasteiger charge is -2.03. The lowest BCUT2D eigenvalue weighted by Crippen LogP contribution is -1.98. The molecule has 0 aliphatic heterocycles. The van der Waals surface area contributed by atoms with Crippen molar-refractivity contribution in [1.29, 1.82) is 0 Å². The quantitative estimate of drug-likeness (QED) is 0.491. The number of benzene rings is 1. The summed E-state index contributed by atoms with van der Waals surface area (Å²) in [7, 11) is 0. The van der Waals surface area contributed by atoms with Gasteiger partial charge in [-0.2, -0.15) is 0 Å².